The number of benzene rings is 1. The van der Waals surface area contributed by atoms with Crippen LogP contribution in [0, 0.1) is 13.8 Å². The lowest BCUT2D eigenvalue weighted by molar-refractivity contribution is 0.600. The van der Waals surface area contributed by atoms with Crippen LogP contribution < -0.4 is 10.5 Å². The van der Waals surface area contributed by atoms with Gasteiger partial charge < -0.3 is 5.73 Å². The number of rotatable bonds is 4. The van der Waals surface area contributed by atoms with E-state index >= 15 is 0 Å². The van der Waals surface area contributed by atoms with E-state index in [4.69, 9.17) is 5.73 Å². The number of nitrogens with zero attached hydrogens (tertiary/aromatic N) is 1. The van der Waals surface area contributed by atoms with Gasteiger partial charge in [-0.05, 0) is 48.7 Å². The van der Waals surface area contributed by atoms with Crippen molar-refractivity contribution in [1.29, 1.82) is 0 Å². The highest BCUT2D eigenvalue weighted by atomic mass is 32.2. The number of sulfonamides is 1. The number of hydrogen-bond donors (Lipinski definition) is 2. The van der Waals surface area contributed by atoms with Gasteiger partial charge in [0.05, 0.1) is 16.8 Å². The van der Waals surface area contributed by atoms with Crippen molar-refractivity contribution < 1.29 is 8.42 Å². The van der Waals surface area contributed by atoms with E-state index in [1.807, 2.05) is 13.0 Å². The minimum atomic E-state index is -3.64. The molecule has 0 spiro atoms. The van der Waals surface area contributed by atoms with E-state index in [2.05, 4.69) is 9.71 Å². The molecule has 0 aliphatic heterocycles. The Labute approximate surface area is 118 Å². The highest BCUT2D eigenvalue weighted by molar-refractivity contribution is 7.92. The number of pyridine rings is 1. The quantitative estimate of drug-likeness (QED) is 0.901. The van der Waals surface area contributed by atoms with Crippen LogP contribution in [0.4, 0.5) is 5.69 Å². The first-order valence-electron chi connectivity index (χ1n) is 6.17. The van der Waals surface area contributed by atoms with Gasteiger partial charge in [-0.25, -0.2) is 8.42 Å². The van der Waals surface area contributed by atoms with E-state index in [0.29, 0.717) is 12.2 Å². The Balaban J connectivity index is 2.47. The second kappa shape index (κ2) is 5.60. The number of hydrogen-bond acceptors (Lipinski definition) is 4. The standard InChI is InChI=1S/C14H17N3O2S/c1-10-6-12(8-15)7-14(11(10)2)20(18,19)17-13-4-3-5-16-9-13/h3-7,9,17H,8,15H2,1-2H3. The maximum absolute atomic E-state index is 12.5. The summed E-state index contributed by atoms with van der Waals surface area (Å²) in [6.07, 6.45) is 3.05. The zero-order valence-corrected chi connectivity index (χ0v) is 12.2. The Morgan fingerprint density at radius 3 is 2.65 bits per heavy atom. The molecule has 0 aliphatic rings. The highest BCUT2D eigenvalue weighted by Crippen LogP contribution is 2.23. The van der Waals surface area contributed by atoms with E-state index in [0.717, 1.165) is 16.7 Å². The number of nitrogens with two attached hydrogens (primary N) is 1. The Bertz CT molecular complexity index is 713. The van der Waals surface area contributed by atoms with E-state index in [9.17, 15) is 8.42 Å². The van der Waals surface area contributed by atoms with E-state index in [-0.39, 0.29) is 4.90 Å². The molecule has 1 aromatic heterocycles. The van der Waals surface area contributed by atoms with Crippen LogP contribution in [-0.4, -0.2) is 13.4 Å². The van der Waals surface area contributed by atoms with Crippen LogP contribution in [0.25, 0.3) is 0 Å². The molecule has 5 nitrogen and oxygen atoms in total. The predicted molar refractivity (Wildman–Crippen MR) is 78.9 cm³/mol. The van der Waals surface area contributed by atoms with Crippen molar-refractivity contribution in [2.75, 3.05) is 4.72 Å². The van der Waals surface area contributed by atoms with Crippen molar-refractivity contribution in [3.8, 4) is 0 Å². The molecular weight excluding hydrogens is 274 g/mol. The van der Waals surface area contributed by atoms with Crippen LogP contribution >= 0.6 is 0 Å². The second-order valence-corrected chi connectivity index (χ2v) is 6.24. The number of anilines is 1. The lowest BCUT2D eigenvalue weighted by Gasteiger charge is -2.13. The van der Waals surface area contributed by atoms with Crippen molar-refractivity contribution in [1.82, 2.24) is 4.98 Å². The van der Waals surface area contributed by atoms with Crippen LogP contribution in [0.15, 0.2) is 41.6 Å². The van der Waals surface area contributed by atoms with E-state index in [1.54, 1.807) is 31.3 Å². The van der Waals surface area contributed by atoms with Gasteiger partial charge in [0.25, 0.3) is 10.0 Å². The molecule has 0 unspecified atom stereocenters. The molecule has 0 saturated carbocycles. The maximum Gasteiger partial charge on any atom is 0.262 e. The first-order chi connectivity index (χ1) is 9.44. The molecule has 3 N–H and O–H groups in total. The van der Waals surface area contributed by atoms with E-state index < -0.39 is 10.0 Å². The van der Waals surface area contributed by atoms with Gasteiger partial charge in [-0.3, -0.25) is 9.71 Å². The predicted octanol–water partition coefficient (Wildman–Crippen LogP) is 1.96. The molecule has 1 heterocycles. The molecule has 0 aliphatic carbocycles. The van der Waals surface area contributed by atoms with Crippen LogP contribution in [0.3, 0.4) is 0 Å². The number of aryl methyl sites for hydroxylation is 1. The molecule has 0 saturated heterocycles. The molecule has 0 radical (unpaired) electrons. The van der Waals surface area contributed by atoms with Gasteiger partial charge in [0.1, 0.15) is 0 Å². The van der Waals surface area contributed by atoms with Gasteiger partial charge in [0.2, 0.25) is 0 Å². The largest absolute Gasteiger partial charge is 0.326 e. The minimum Gasteiger partial charge on any atom is -0.326 e. The first kappa shape index (κ1) is 14.5. The van der Waals surface area contributed by atoms with Gasteiger partial charge in [-0.2, -0.15) is 0 Å². The molecule has 106 valence electrons. The zero-order valence-electron chi connectivity index (χ0n) is 11.4. The molecule has 6 heteroatoms. The lowest BCUT2D eigenvalue weighted by Crippen LogP contribution is -2.15. The highest BCUT2D eigenvalue weighted by Gasteiger charge is 2.19. The maximum atomic E-state index is 12.5. The fourth-order valence-corrected chi connectivity index (χ4v) is 3.34. The molecule has 2 rings (SSSR count). The molecular formula is C14H17N3O2S. The fourth-order valence-electron chi connectivity index (χ4n) is 1.93. The zero-order chi connectivity index (χ0) is 14.8. The van der Waals surface area contributed by atoms with Crippen molar-refractivity contribution in [2.45, 2.75) is 25.3 Å². The molecule has 0 amide bonds. The Kier molecular flexibility index (Phi) is 4.06. The summed E-state index contributed by atoms with van der Waals surface area (Å²) in [6, 6.07) is 6.84. The summed E-state index contributed by atoms with van der Waals surface area (Å²) in [5, 5.41) is 0. The minimum absolute atomic E-state index is 0.252. The molecule has 20 heavy (non-hydrogen) atoms. The molecule has 0 fully saturated rings. The third-order valence-electron chi connectivity index (χ3n) is 3.12. The Hall–Kier alpha value is -1.92. The average molecular weight is 291 g/mol. The number of nitrogens with one attached hydrogen (secondary N) is 1. The monoisotopic (exact) mass is 291 g/mol. The molecule has 0 atom stereocenters. The summed E-state index contributed by atoms with van der Waals surface area (Å²) in [5.74, 6) is 0. The van der Waals surface area contributed by atoms with Crippen LogP contribution in [0.2, 0.25) is 0 Å². The second-order valence-electron chi connectivity index (χ2n) is 4.59. The Morgan fingerprint density at radius 1 is 1.30 bits per heavy atom. The summed E-state index contributed by atoms with van der Waals surface area (Å²) in [5.41, 5.74) is 8.46. The van der Waals surface area contributed by atoms with Gasteiger partial charge in [-0.1, -0.05) is 6.07 Å². The summed E-state index contributed by atoms with van der Waals surface area (Å²) >= 11 is 0. The molecule has 0 bridgehead atoms. The molecule has 1 aromatic carbocycles. The van der Waals surface area contributed by atoms with Crippen molar-refractivity contribution >= 4 is 15.7 Å². The first-order valence-corrected chi connectivity index (χ1v) is 7.65. The third kappa shape index (κ3) is 2.97. The van der Waals surface area contributed by atoms with Gasteiger partial charge in [0.15, 0.2) is 0 Å². The van der Waals surface area contributed by atoms with Crippen LogP contribution in [-0.2, 0) is 16.6 Å². The SMILES string of the molecule is Cc1cc(CN)cc(S(=O)(=O)Nc2cccnc2)c1C. The van der Waals surface area contributed by atoms with Crippen LogP contribution in [0.1, 0.15) is 16.7 Å². The normalized spacial score (nSPS) is 11.3. The summed E-state index contributed by atoms with van der Waals surface area (Å²) in [6.45, 7) is 3.96. The lowest BCUT2D eigenvalue weighted by atomic mass is 10.1. The smallest absolute Gasteiger partial charge is 0.262 e. The van der Waals surface area contributed by atoms with Gasteiger partial charge in [0, 0.05) is 12.7 Å². The topological polar surface area (TPSA) is 85.1 Å². The van der Waals surface area contributed by atoms with Gasteiger partial charge in [-0.15, -0.1) is 0 Å². The summed E-state index contributed by atoms with van der Waals surface area (Å²) < 4.78 is 27.4. The number of aromatic nitrogens is 1. The van der Waals surface area contributed by atoms with Crippen molar-refractivity contribution in [3.63, 3.8) is 0 Å². The summed E-state index contributed by atoms with van der Waals surface area (Å²) in [7, 11) is -3.64. The average Bonchev–Trinajstić information content (AvgIpc) is 2.42. The fraction of sp³-hybridized carbons (Fsp3) is 0.214. The van der Waals surface area contributed by atoms with Crippen LogP contribution in [0.5, 0.6) is 0 Å². The van der Waals surface area contributed by atoms with E-state index in [1.165, 1.54) is 6.20 Å². The van der Waals surface area contributed by atoms with Gasteiger partial charge >= 0.3 is 0 Å². The van der Waals surface area contributed by atoms with Crippen molar-refractivity contribution in [2.24, 2.45) is 5.73 Å². The molecule has 2 aromatic rings. The van der Waals surface area contributed by atoms with Crippen molar-refractivity contribution in [3.05, 3.63) is 53.3 Å². The third-order valence-corrected chi connectivity index (χ3v) is 4.63. The Morgan fingerprint density at radius 2 is 2.05 bits per heavy atom. The summed E-state index contributed by atoms with van der Waals surface area (Å²) in [4.78, 5) is 4.14.